The Labute approximate surface area is 325 Å². The SMILES string of the molecule is CN1/C(=C/C=C2\CCCC(/C=C/C3=[N+](C)c4c(ccc5ccccc45)C3(C)C)=C2Cl)C(C)(C)c2ccc3ccccc3c21.Cc1ccc(S(=O)(=O)O)cc1. The van der Waals surface area contributed by atoms with Crippen molar-refractivity contribution in [2.24, 2.45) is 0 Å². The van der Waals surface area contributed by atoms with Gasteiger partial charge in [-0.05, 0) is 91.8 Å². The predicted octanol–water partition coefficient (Wildman–Crippen LogP) is 11.7. The summed E-state index contributed by atoms with van der Waals surface area (Å²) in [4.78, 5) is 2.31. The van der Waals surface area contributed by atoms with Gasteiger partial charge in [0.2, 0.25) is 5.69 Å². The monoisotopic (exact) mass is 755 g/mol. The average molecular weight is 756 g/mol. The molecule has 1 N–H and O–H groups in total. The number of nitrogens with zero attached hydrogens (tertiary/aromatic N) is 2. The van der Waals surface area contributed by atoms with Crippen LogP contribution in [0, 0.1) is 6.92 Å². The number of fused-ring (bicyclic) bond motifs is 6. The van der Waals surface area contributed by atoms with Crippen molar-refractivity contribution in [2.75, 3.05) is 19.0 Å². The second-order valence-electron chi connectivity index (χ2n) is 15.7. The van der Waals surface area contributed by atoms with Crippen molar-refractivity contribution < 1.29 is 17.5 Å². The number of hydrogen-bond donors (Lipinski definition) is 1. The first-order valence-corrected chi connectivity index (χ1v) is 20.3. The van der Waals surface area contributed by atoms with E-state index in [2.05, 4.69) is 148 Å². The van der Waals surface area contributed by atoms with E-state index in [1.54, 1.807) is 12.1 Å². The van der Waals surface area contributed by atoms with Gasteiger partial charge in [0.25, 0.3) is 10.1 Å². The van der Waals surface area contributed by atoms with Crippen molar-refractivity contribution in [2.45, 2.75) is 69.6 Å². The van der Waals surface area contributed by atoms with Gasteiger partial charge in [0.1, 0.15) is 7.05 Å². The lowest BCUT2D eigenvalue weighted by molar-refractivity contribution is -0.399. The van der Waals surface area contributed by atoms with E-state index in [0.717, 1.165) is 29.9 Å². The molecule has 0 saturated heterocycles. The van der Waals surface area contributed by atoms with Crippen LogP contribution in [0.25, 0.3) is 21.5 Å². The van der Waals surface area contributed by atoms with Crippen molar-refractivity contribution >= 4 is 60.4 Å². The fraction of sp³-hybridized carbons (Fsp3) is 0.255. The van der Waals surface area contributed by atoms with Gasteiger partial charge >= 0.3 is 0 Å². The molecule has 1 aliphatic carbocycles. The van der Waals surface area contributed by atoms with Crippen LogP contribution in [0.3, 0.4) is 0 Å². The third-order valence-corrected chi connectivity index (χ3v) is 12.8. The average Bonchev–Trinajstić information content (AvgIpc) is 3.47. The van der Waals surface area contributed by atoms with Crippen LogP contribution >= 0.6 is 11.6 Å². The maximum atomic E-state index is 10.5. The molecular formula is C47H48ClN2O3S+. The minimum absolute atomic E-state index is 0.0666. The smallest absolute Gasteiger partial charge is 0.294 e. The third-order valence-electron chi connectivity index (χ3n) is 11.5. The molecule has 0 saturated carbocycles. The van der Waals surface area contributed by atoms with Gasteiger partial charge in [0, 0.05) is 40.2 Å². The van der Waals surface area contributed by atoms with Gasteiger partial charge in [0.15, 0.2) is 5.71 Å². The maximum absolute atomic E-state index is 10.5. The number of anilines is 1. The molecule has 0 fully saturated rings. The van der Waals surface area contributed by atoms with Crippen LogP contribution in [-0.2, 0) is 20.9 Å². The van der Waals surface area contributed by atoms with Crippen LogP contribution in [0.4, 0.5) is 11.4 Å². The molecule has 0 bridgehead atoms. The van der Waals surface area contributed by atoms with Crippen LogP contribution in [0.15, 0.2) is 148 Å². The summed E-state index contributed by atoms with van der Waals surface area (Å²) in [6.45, 7) is 11.2. The van der Waals surface area contributed by atoms with E-state index in [0.29, 0.717) is 0 Å². The van der Waals surface area contributed by atoms with Gasteiger partial charge in [-0.25, -0.2) is 0 Å². The summed E-state index contributed by atoms with van der Waals surface area (Å²) < 4.78 is 31.9. The van der Waals surface area contributed by atoms with Crippen LogP contribution in [-0.4, -0.2) is 37.4 Å². The maximum Gasteiger partial charge on any atom is 0.294 e. The summed E-state index contributed by atoms with van der Waals surface area (Å²) in [5, 5.41) is 6.08. The number of likely N-dealkylation sites (N-methyl/N-ethyl adjacent to an activating group) is 1. The van der Waals surface area contributed by atoms with Gasteiger partial charge < -0.3 is 4.90 Å². The highest BCUT2D eigenvalue weighted by Gasteiger charge is 2.44. The molecule has 8 rings (SSSR count). The highest BCUT2D eigenvalue weighted by Crippen LogP contribution is 2.50. The third kappa shape index (κ3) is 6.65. The summed E-state index contributed by atoms with van der Waals surface area (Å²) >= 11 is 7.16. The topological polar surface area (TPSA) is 60.6 Å². The lowest BCUT2D eigenvalue weighted by Crippen LogP contribution is -2.26. The second-order valence-corrected chi connectivity index (χ2v) is 17.5. The van der Waals surface area contributed by atoms with Gasteiger partial charge in [-0.2, -0.15) is 13.0 Å². The molecule has 0 radical (unpaired) electrons. The van der Waals surface area contributed by atoms with Crippen molar-refractivity contribution in [3.05, 3.63) is 160 Å². The first-order valence-electron chi connectivity index (χ1n) is 18.5. The highest BCUT2D eigenvalue weighted by molar-refractivity contribution is 7.85. The Kier molecular flexibility index (Phi) is 9.84. The normalized spacial score (nSPS) is 19.2. The molecule has 276 valence electrons. The first kappa shape index (κ1) is 37.6. The number of halogens is 1. The lowest BCUT2D eigenvalue weighted by Gasteiger charge is -2.24. The predicted molar refractivity (Wildman–Crippen MR) is 226 cm³/mol. The summed E-state index contributed by atoms with van der Waals surface area (Å²) in [6.07, 6.45) is 12.3. The Bertz CT molecular complexity index is 2590. The van der Waals surface area contributed by atoms with E-state index in [-0.39, 0.29) is 15.7 Å². The van der Waals surface area contributed by atoms with Crippen LogP contribution in [0.2, 0.25) is 0 Å². The van der Waals surface area contributed by atoms with E-state index in [4.69, 9.17) is 16.2 Å². The molecule has 0 aromatic heterocycles. The fourth-order valence-corrected chi connectivity index (χ4v) is 9.31. The van der Waals surface area contributed by atoms with Crippen LogP contribution in [0.5, 0.6) is 0 Å². The van der Waals surface area contributed by atoms with E-state index in [1.807, 2.05) is 6.92 Å². The van der Waals surface area contributed by atoms with Crippen LogP contribution in [0.1, 0.15) is 63.6 Å². The summed E-state index contributed by atoms with van der Waals surface area (Å²) in [6, 6.07) is 32.5. The number of benzene rings is 5. The highest BCUT2D eigenvalue weighted by atomic mass is 35.5. The molecule has 0 spiro atoms. The molecule has 0 unspecified atom stereocenters. The number of aryl methyl sites for hydroxylation is 1. The van der Waals surface area contributed by atoms with E-state index < -0.39 is 10.1 Å². The Morgan fingerprint density at radius 1 is 0.759 bits per heavy atom. The Balaban J connectivity index is 0.000000353. The van der Waals surface area contributed by atoms with E-state index in [1.165, 1.54) is 78.7 Å². The van der Waals surface area contributed by atoms with Gasteiger partial charge in [-0.1, -0.05) is 122 Å². The van der Waals surface area contributed by atoms with Crippen molar-refractivity contribution in [1.82, 2.24) is 0 Å². The molecule has 3 aliphatic rings. The first-order chi connectivity index (χ1) is 25.6. The molecule has 2 aliphatic heterocycles. The second kappa shape index (κ2) is 14.2. The molecule has 7 heteroatoms. The molecule has 0 atom stereocenters. The summed E-state index contributed by atoms with van der Waals surface area (Å²) in [5.41, 5.74) is 11.2. The molecule has 5 nitrogen and oxygen atoms in total. The quantitative estimate of drug-likeness (QED) is 0.147. The van der Waals surface area contributed by atoms with Crippen molar-refractivity contribution in [3.63, 3.8) is 0 Å². The minimum atomic E-state index is -4.02. The van der Waals surface area contributed by atoms with Gasteiger partial charge in [-0.3, -0.25) is 4.55 Å². The number of allylic oxidation sites excluding steroid dienone is 8. The summed E-state index contributed by atoms with van der Waals surface area (Å²) in [7, 11) is 0.387. The standard InChI is InChI=1S/C40H40ClN2.C7H8O3S/c1-39(2)32-22-18-26-12-7-9-16-30(26)37(32)42(5)34(39)24-20-28-14-11-15-29(36(28)41)21-25-35-40(3,4)33-23-19-27-13-8-10-17-31(27)38(33)43(35)6;1-6-2-4-7(5-3-6)11(8,9)10/h7-10,12-13,16-25H,11,14-15H2,1-6H3;2-5H,1H3,(H,8,9,10)/q+1;. The van der Waals surface area contributed by atoms with Gasteiger partial charge in [-0.15, -0.1) is 0 Å². The molecule has 5 aromatic rings. The zero-order valence-corrected chi connectivity index (χ0v) is 33.7. The lowest BCUT2D eigenvalue weighted by atomic mass is 9.80. The zero-order valence-electron chi connectivity index (χ0n) is 32.1. The molecule has 0 amide bonds. The Hall–Kier alpha value is -4.75. The largest absolute Gasteiger partial charge is 0.347 e. The molecule has 5 aromatic carbocycles. The van der Waals surface area contributed by atoms with E-state index >= 15 is 0 Å². The van der Waals surface area contributed by atoms with Crippen molar-refractivity contribution in [3.8, 4) is 0 Å². The molecule has 54 heavy (non-hydrogen) atoms. The van der Waals surface area contributed by atoms with Gasteiger partial charge in [0.05, 0.1) is 21.4 Å². The summed E-state index contributed by atoms with van der Waals surface area (Å²) in [5.74, 6) is 0. The minimum Gasteiger partial charge on any atom is -0.347 e. The van der Waals surface area contributed by atoms with Crippen molar-refractivity contribution in [1.29, 1.82) is 0 Å². The molecule has 2 heterocycles. The zero-order chi connectivity index (χ0) is 38.6. The molecular weight excluding hydrogens is 708 g/mol. The Morgan fingerprint density at radius 3 is 2.04 bits per heavy atom. The Morgan fingerprint density at radius 2 is 1.37 bits per heavy atom. The fourth-order valence-electron chi connectivity index (χ4n) is 8.51. The number of hydrogen-bond acceptors (Lipinski definition) is 3. The van der Waals surface area contributed by atoms with Crippen LogP contribution < -0.4 is 4.90 Å². The van der Waals surface area contributed by atoms with E-state index in [9.17, 15) is 8.42 Å². The number of rotatable bonds is 4.